The number of aliphatic hydroxyl groups is 2. The predicted octanol–water partition coefficient (Wildman–Crippen LogP) is 4.54. The first-order valence-electron chi connectivity index (χ1n) is 6.89. The molecule has 0 saturated carbocycles. The minimum absolute atomic E-state index is 0.314. The van der Waals surface area contributed by atoms with E-state index >= 15 is 0 Å². The van der Waals surface area contributed by atoms with Crippen LogP contribution in [0.3, 0.4) is 0 Å². The van der Waals surface area contributed by atoms with Gasteiger partial charge in [-0.1, -0.05) is 47.5 Å². The molecule has 0 aliphatic carbocycles. The van der Waals surface area contributed by atoms with Gasteiger partial charge in [0.25, 0.3) is 0 Å². The van der Waals surface area contributed by atoms with Crippen LogP contribution < -0.4 is 0 Å². The zero-order chi connectivity index (χ0) is 15.9. The van der Waals surface area contributed by atoms with E-state index in [1.807, 2.05) is 0 Å². The molecule has 2 N–H and O–H groups in total. The van der Waals surface area contributed by atoms with Gasteiger partial charge in [0.1, 0.15) is 0 Å². The molecule has 0 amide bonds. The van der Waals surface area contributed by atoms with Crippen LogP contribution in [0, 0.1) is 11.8 Å². The Morgan fingerprint density at radius 1 is 0.682 bits per heavy atom. The van der Waals surface area contributed by atoms with Gasteiger partial charge in [-0.05, 0) is 35.4 Å². The molecule has 0 aliphatic heterocycles. The normalized spacial score (nSPS) is 13.1. The second-order valence-corrected chi connectivity index (χ2v) is 5.77. The van der Waals surface area contributed by atoms with Crippen LogP contribution in [-0.2, 0) is 0 Å². The average molecular weight is 335 g/mol. The minimum Gasteiger partial charge on any atom is -0.387 e. The lowest BCUT2D eigenvalue weighted by Gasteiger charge is -2.08. The molecule has 2 atom stereocenters. The molecular weight excluding hydrogens is 319 g/mol. The first-order chi connectivity index (χ1) is 10.6. The fraction of sp³-hybridized carbons (Fsp3) is 0.222. The summed E-state index contributed by atoms with van der Waals surface area (Å²) in [4.78, 5) is 0. The molecule has 2 rings (SSSR count). The molecule has 2 aromatic carbocycles. The molecule has 0 aromatic heterocycles. The molecule has 0 unspecified atom stereocenters. The van der Waals surface area contributed by atoms with Gasteiger partial charge in [0, 0.05) is 22.9 Å². The van der Waals surface area contributed by atoms with Crippen molar-refractivity contribution in [3.8, 4) is 11.8 Å². The molecular formula is C18H16Cl2O2. The van der Waals surface area contributed by atoms with Crippen LogP contribution in [0.25, 0.3) is 0 Å². The predicted molar refractivity (Wildman–Crippen MR) is 89.8 cm³/mol. The third-order valence-electron chi connectivity index (χ3n) is 3.23. The fourth-order valence-corrected chi connectivity index (χ4v) is 2.20. The largest absolute Gasteiger partial charge is 0.387 e. The van der Waals surface area contributed by atoms with Crippen LogP contribution in [0.5, 0.6) is 0 Å². The van der Waals surface area contributed by atoms with Gasteiger partial charge >= 0.3 is 0 Å². The highest BCUT2D eigenvalue weighted by Crippen LogP contribution is 2.20. The van der Waals surface area contributed by atoms with Gasteiger partial charge in [0.15, 0.2) is 0 Å². The number of hydrogen-bond acceptors (Lipinski definition) is 2. The molecule has 114 valence electrons. The van der Waals surface area contributed by atoms with Gasteiger partial charge in [-0.3, -0.25) is 0 Å². The Labute approximate surface area is 140 Å². The molecule has 0 radical (unpaired) electrons. The van der Waals surface area contributed by atoms with Crippen LogP contribution in [0.1, 0.15) is 36.2 Å². The maximum absolute atomic E-state index is 10.0. The van der Waals surface area contributed by atoms with E-state index in [0.29, 0.717) is 22.9 Å². The summed E-state index contributed by atoms with van der Waals surface area (Å²) in [7, 11) is 0. The lowest BCUT2D eigenvalue weighted by Crippen LogP contribution is -1.97. The second-order valence-electron chi connectivity index (χ2n) is 4.90. The zero-order valence-corrected chi connectivity index (χ0v) is 13.3. The zero-order valence-electron chi connectivity index (χ0n) is 11.8. The molecule has 2 aromatic rings. The molecule has 0 saturated heterocycles. The Morgan fingerprint density at radius 3 is 1.32 bits per heavy atom. The highest BCUT2D eigenvalue weighted by Gasteiger charge is 2.06. The SMILES string of the molecule is O[C@H](CC#CC[C@H](O)c1ccc(Cl)cc1)c1ccc(Cl)cc1. The standard InChI is InChI=1S/C18H16Cl2O2/c19-15-9-5-13(6-10-15)17(21)3-1-2-4-18(22)14-7-11-16(20)12-8-14/h5-12,17-18,21-22H,3-4H2/t17-,18+. The van der Waals surface area contributed by atoms with Crippen molar-refractivity contribution in [2.45, 2.75) is 25.0 Å². The molecule has 0 aliphatic rings. The monoisotopic (exact) mass is 334 g/mol. The van der Waals surface area contributed by atoms with E-state index in [2.05, 4.69) is 11.8 Å². The maximum Gasteiger partial charge on any atom is 0.0899 e. The summed E-state index contributed by atoms with van der Waals surface area (Å²) < 4.78 is 0. The van der Waals surface area contributed by atoms with Crippen molar-refractivity contribution in [1.82, 2.24) is 0 Å². The van der Waals surface area contributed by atoms with Crippen molar-refractivity contribution in [1.29, 1.82) is 0 Å². The summed E-state index contributed by atoms with van der Waals surface area (Å²) >= 11 is 11.6. The van der Waals surface area contributed by atoms with Crippen molar-refractivity contribution >= 4 is 23.2 Å². The first kappa shape index (κ1) is 16.9. The van der Waals surface area contributed by atoms with Crippen molar-refractivity contribution in [2.24, 2.45) is 0 Å². The Balaban J connectivity index is 1.86. The minimum atomic E-state index is -0.655. The Kier molecular flexibility index (Phi) is 6.30. The molecule has 0 spiro atoms. The van der Waals surface area contributed by atoms with Gasteiger partial charge in [-0.2, -0.15) is 0 Å². The van der Waals surface area contributed by atoms with E-state index in [1.54, 1.807) is 48.5 Å². The molecule has 4 heteroatoms. The lowest BCUT2D eigenvalue weighted by molar-refractivity contribution is 0.181. The van der Waals surface area contributed by atoms with E-state index in [1.165, 1.54) is 0 Å². The quantitative estimate of drug-likeness (QED) is 0.805. The number of benzene rings is 2. The van der Waals surface area contributed by atoms with E-state index < -0.39 is 12.2 Å². The van der Waals surface area contributed by atoms with Crippen LogP contribution in [0.2, 0.25) is 10.0 Å². The van der Waals surface area contributed by atoms with Crippen molar-refractivity contribution in [3.05, 3.63) is 69.7 Å². The third kappa shape index (κ3) is 5.05. The van der Waals surface area contributed by atoms with Gasteiger partial charge in [0.2, 0.25) is 0 Å². The second kappa shape index (κ2) is 8.22. The molecule has 0 heterocycles. The highest BCUT2D eigenvalue weighted by atomic mass is 35.5. The maximum atomic E-state index is 10.0. The van der Waals surface area contributed by atoms with Gasteiger partial charge in [-0.15, -0.1) is 11.8 Å². The van der Waals surface area contributed by atoms with E-state index in [0.717, 1.165) is 11.1 Å². The van der Waals surface area contributed by atoms with Crippen LogP contribution in [0.4, 0.5) is 0 Å². The summed E-state index contributed by atoms with van der Waals surface area (Å²) in [6.07, 6.45) is -0.681. The average Bonchev–Trinajstić information content (AvgIpc) is 2.52. The van der Waals surface area contributed by atoms with E-state index in [-0.39, 0.29) is 0 Å². The molecule has 0 fully saturated rings. The van der Waals surface area contributed by atoms with Crippen molar-refractivity contribution in [2.75, 3.05) is 0 Å². The number of aliphatic hydroxyl groups excluding tert-OH is 2. The third-order valence-corrected chi connectivity index (χ3v) is 3.73. The van der Waals surface area contributed by atoms with Crippen molar-refractivity contribution < 1.29 is 10.2 Å². The Morgan fingerprint density at radius 2 is 1.00 bits per heavy atom. The van der Waals surface area contributed by atoms with Gasteiger partial charge in [-0.25, -0.2) is 0 Å². The molecule has 22 heavy (non-hydrogen) atoms. The summed E-state index contributed by atoms with van der Waals surface area (Å²) in [6, 6.07) is 14.0. The van der Waals surface area contributed by atoms with E-state index in [9.17, 15) is 10.2 Å². The fourth-order valence-electron chi connectivity index (χ4n) is 1.94. The summed E-state index contributed by atoms with van der Waals surface area (Å²) in [5.74, 6) is 5.78. The van der Waals surface area contributed by atoms with Crippen LogP contribution in [0.15, 0.2) is 48.5 Å². The molecule has 0 bridgehead atoms. The highest BCUT2D eigenvalue weighted by molar-refractivity contribution is 6.30. The lowest BCUT2D eigenvalue weighted by atomic mass is 10.1. The summed E-state index contributed by atoms with van der Waals surface area (Å²) in [5, 5.41) is 21.3. The smallest absolute Gasteiger partial charge is 0.0899 e. The summed E-state index contributed by atoms with van der Waals surface area (Å²) in [5.41, 5.74) is 1.55. The topological polar surface area (TPSA) is 40.5 Å². The Bertz CT molecular complexity index is 597. The van der Waals surface area contributed by atoms with Gasteiger partial charge in [0.05, 0.1) is 12.2 Å². The first-order valence-corrected chi connectivity index (χ1v) is 7.64. The number of halogens is 2. The molecule has 2 nitrogen and oxygen atoms in total. The van der Waals surface area contributed by atoms with Crippen LogP contribution in [-0.4, -0.2) is 10.2 Å². The number of rotatable bonds is 4. The Hall–Kier alpha value is -1.50. The number of hydrogen-bond donors (Lipinski definition) is 2. The van der Waals surface area contributed by atoms with Gasteiger partial charge < -0.3 is 10.2 Å². The van der Waals surface area contributed by atoms with Crippen LogP contribution >= 0.6 is 23.2 Å². The van der Waals surface area contributed by atoms with E-state index in [4.69, 9.17) is 23.2 Å². The van der Waals surface area contributed by atoms with Crippen molar-refractivity contribution in [3.63, 3.8) is 0 Å². The summed E-state index contributed by atoms with van der Waals surface area (Å²) in [6.45, 7) is 0.